The Morgan fingerprint density at radius 1 is 1.50 bits per heavy atom. The summed E-state index contributed by atoms with van der Waals surface area (Å²) in [4.78, 5) is 0. The van der Waals surface area contributed by atoms with E-state index in [0.717, 1.165) is 16.8 Å². The molecular formula is C12H17BrFNS. The molecule has 4 heteroatoms. The van der Waals surface area contributed by atoms with Crippen molar-refractivity contribution in [2.75, 3.05) is 18.6 Å². The molecule has 0 aromatic heterocycles. The monoisotopic (exact) mass is 305 g/mol. The first-order valence-corrected chi connectivity index (χ1v) is 7.45. The Hall–Kier alpha value is -0.0600. The molecule has 1 aromatic carbocycles. The average molecular weight is 306 g/mol. The summed E-state index contributed by atoms with van der Waals surface area (Å²) in [7, 11) is 0. The van der Waals surface area contributed by atoms with E-state index in [1.165, 1.54) is 6.07 Å². The molecule has 0 heterocycles. The van der Waals surface area contributed by atoms with Crippen LogP contribution in [-0.2, 0) is 6.54 Å². The van der Waals surface area contributed by atoms with Crippen molar-refractivity contribution in [3.63, 3.8) is 0 Å². The second-order valence-electron chi connectivity index (χ2n) is 3.93. The van der Waals surface area contributed by atoms with Gasteiger partial charge in [0.15, 0.2) is 0 Å². The van der Waals surface area contributed by atoms with Gasteiger partial charge in [-0.1, -0.05) is 22.9 Å². The standard InChI is InChI=1S/C12H17BrFNS/c1-9(8-16-2)6-15-7-10-5-11(13)3-4-12(10)14/h3-5,9,15H,6-8H2,1-2H3. The number of nitrogens with one attached hydrogen (secondary N) is 1. The highest BCUT2D eigenvalue weighted by molar-refractivity contribution is 9.10. The van der Waals surface area contributed by atoms with Crippen molar-refractivity contribution in [3.8, 4) is 0 Å². The lowest BCUT2D eigenvalue weighted by molar-refractivity contribution is 0.539. The lowest BCUT2D eigenvalue weighted by Crippen LogP contribution is -2.22. The summed E-state index contributed by atoms with van der Waals surface area (Å²) in [5.74, 6) is 1.60. The minimum absolute atomic E-state index is 0.145. The molecule has 0 fully saturated rings. The fourth-order valence-corrected chi connectivity index (χ4v) is 2.57. The zero-order chi connectivity index (χ0) is 12.0. The zero-order valence-electron chi connectivity index (χ0n) is 9.59. The van der Waals surface area contributed by atoms with Crippen LogP contribution in [0.25, 0.3) is 0 Å². The van der Waals surface area contributed by atoms with Crippen molar-refractivity contribution in [2.45, 2.75) is 13.5 Å². The van der Waals surface area contributed by atoms with E-state index in [0.29, 0.717) is 18.0 Å². The van der Waals surface area contributed by atoms with E-state index in [9.17, 15) is 4.39 Å². The molecule has 1 rings (SSSR count). The molecule has 0 amide bonds. The number of hydrogen-bond acceptors (Lipinski definition) is 2. The van der Waals surface area contributed by atoms with Gasteiger partial charge in [-0.25, -0.2) is 4.39 Å². The van der Waals surface area contributed by atoms with Crippen LogP contribution < -0.4 is 5.32 Å². The van der Waals surface area contributed by atoms with Crippen LogP contribution in [-0.4, -0.2) is 18.6 Å². The first-order chi connectivity index (χ1) is 7.63. The predicted octanol–water partition coefficient (Wildman–Crippen LogP) is 3.68. The Labute approximate surface area is 109 Å². The molecular weight excluding hydrogens is 289 g/mol. The smallest absolute Gasteiger partial charge is 0.127 e. The number of halogens is 2. The third-order valence-electron chi connectivity index (χ3n) is 2.27. The maximum atomic E-state index is 13.4. The molecule has 0 radical (unpaired) electrons. The largest absolute Gasteiger partial charge is 0.312 e. The molecule has 0 saturated heterocycles. The maximum Gasteiger partial charge on any atom is 0.127 e. The summed E-state index contributed by atoms with van der Waals surface area (Å²) in [5, 5.41) is 3.28. The highest BCUT2D eigenvalue weighted by atomic mass is 79.9. The molecule has 0 bridgehead atoms. The highest BCUT2D eigenvalue weighted by Crippen LogP contribution is 2.15. The van der Waals surface area contributed by atoms with Gasteiger partial charge in [0.05, 0.1) is 0 Å². The Kier molecular flexibility index (Phi) is 6.39. The van der Waals surface area contributed by atoms with Crippen LogP contribution in [0, 0.1) is 11.7 Å². The van der Waals surface area contributed by atoms with E-state index in [1.807, 2.05) is 17.8 Å². The fourth-order valence-electron chi connectivity index (χ4n) is 1.48. The van der Waals surface area contributed by atoms with Crippen molar-refractivity contribution in [1.82, 2.24) is 5.32 Å². The molecule has 1 N–H and O–H groups in total. The average Bonchev–Trinajstić information content (AvgIpc) is 2.23. The van der Waals surface area contributed by atoms with Crippen molar-refractivity contribution >= 4 is 27.7 Å². The topological polar surface area (TPSA) is 12.0 Å². The summed E-state index contributed by atoms with van der Waals surface area (Å²) in [6.45, 7) is 3.71. The second kappa shape index (κ2) is 7.30. The number of benzene rings is 1. The minimum atomic E-state index is -0.145. The zero-order valence-corrected chi connectivity index (χ0v) is 12.0. The van der Waals surface area contributed by atoms with Gasteiger partial charge in [0, 0.05) is 16.6 Å². The summed E-state index contributed by atoms with van der Waals surface area (Å²) >= 11 is 5.18. The number of hydrogen-bond donors (Lipinski definition) is 1. The van der Waals surface area contributed by atoms with E-state index in [4.69, 9.17) is 0 Å². The van der Waals surface area contributed by atoms with Gasteiger partial charge in [-0.2, -0.15) is 11.8 Å². The van der Waals surface area contributed by atoms with Gasteiger partial charge < -0.3 is 5.32 Å². The first kappa shape index (κ1) is 14.0. The van der Waals surface area contributed by atoms with Crippen LogP contribution in [0.3, 0.4) is 0 Å². The van der Waals surface area contributed by atoms with Crippen LogP contribution >= 0.6 is 27.7 Å². The lowest BCUT2D eigenvalue weighted by atomic mass is 10.2. The first-order valence-electron chi connectivity index (χ1n) is 5.27. The van der Waals surface area contributed by atoms with Gasteiger partial charge in [0.25, 0.3) is 0 Å². The normalized spacial score (nSPS) is 12.8. The lowest BCUT2D eigenvalue weighted by Gasteiger charge is -2.11. The van der Waals surface area contributed by atoms with E-state index in [-0.39, 0.29) is 5.82 Å². The van der Waals surface area contributed by atoms with Crippen molar-refractivity contribution in [1.29, 1.82) is 0 Å². The Balaban J connectivity index is 2.39. The molecule has 0 spiro atoms. The summed E-state index contributed by atoms with van der Waals surface area (Å²) in [6.07, 6.45) is 2.10. The second-order valence-corrected chi connectivity index (χ2v) is 5.75. The van der Waals surface area contributed by atoms with Gasteiger partial charge in [0.1, 0.15) is 5.82 Å². The summed E-state index contributed by atoms with van der Waals surface area (Å²) in [5.41, 5.74) is 0.714. The molecule has 0 aliphatic rings. The highest BCUT2D eigenvalue weighted by Gasteiger charge is 2.04. The van der Waals surface area contributed by atoms with Gasteiger partial charge in [-0.05, 0) is 42.7 Å². The molecule has 1 aromatic rings. The van der Waals surface area contributed by atoms with E-state index >= 15 is 0 Å². The molecule has 0 saturated carbocycles. The predicted molar refractivity (Wildman–Crippen MR) is 73.4 cm³/mol. The minimum Gasteiger partial charge on any atom is -0.312 e. The summed E-state index contributed by atoms with van der Waals surface area (Å²) in [6, 6.07) is 5.03. The number of rotatable bonds is 6. The van der Waals surface area contributed by atoms with Gasteiger partial charge >= 0.3 is 0 Å². The van der Waals surface area contributed by atoms with Crippen LogP contribution in [0.1, 0.15) is 12.5 Å². The van der Waals surface area contributed by atoms with Crippen LogP contribution in [0.15, 0.2) is 22.7 Å². The quantitative estimate of drug-likeness (QED) is 0.860. The Morgan fingerprint density at radius 3 is 2.94 bits per heavy atom. The van der Waals surface area contributed by atoms with Crippen molar-refractivity contribution in [2.24, 2.45) is 5.92 Å². The number of thioether (sulfide) groups is 1. The molecule has 1 unspecified atom stereocenters. The Morgan fingerprint density at radius 2 is 2.25 bits per heavy atom. The SMILES string of the molecule is CSCC(C)CNCc1cc(Br)ccc1F. The molecule has 1 nitrogen and oxygen atoms in total. The van der Waals surface area contributed by atoms with E-state index < -0.39 is 0 Å². The van der Waals surface area contributed by atoms with Crippen molar-refractivity contribution < 1.29 is 4.39 Å². The van der Waals surface area contributed by atoms with Crippen molar-refractivity contribution in [3.05, 3.63) is 34.1 Å². The van der Waals surface area contributed by atoms with Crippen LogP contribution in [0.5, 0.6) is 0 Å². The Bertz CT molecular complexity index is 333. The van der Waals surface area contributed by atoms with Gasteiger partial charge in [0.2, 0.25) is 0 Å². The third-order valence-corrected chi connectivity index (χ3v) is 3.66. The molecule has 0 aliphatic carbocycles. The van der Waals surface area contributed by atoms with Gasteiger partial charge in [-0.15, -0.1) is 0 Å². The fraction of sp³-hybridized carbons (Fsp3) is 0.500. The third kappa shape index (κ3) is 4.85. The molecule has 1 atom stereocenters. The van der Waals surface area contributed by atoms with Crippen LogP contribution in [0.4, 0.5) is 4.39 Å². The molecule has 0 aliphatic heterocycles. The maximum absolute atomic E-state index is 13.4. The summed E-state index contributed by atoms with van der Waals surface area (Å²) < 4.78 is 14.3. The molecule has 90 valence electrons. The van der Waals surface area contributed by atoms with Gasteiger partial charge in [-0.3, -0.25) is 0 Å². The van der Waals surface area contributed by atoms with E-state index in [2.05, 4.69) is 34.4 Å². The van der Waals surface area contributed by atoms with Crippen LogP contribution in [0.2, 0.25) is 0 Å². The molecule has 16 heavy (non-hydrogen) atoms. The van der Waals surface area contributed by atoms with E-state index in [1.54, 1.807) is 6.07 Å².